The highest BCUT2D eigenvalue weighted by molar-refractivity contribution is 5.77. The van der Waals surface area contributed by atoms with Crippen LogP contribution in [-0.2, 0) is 4.79 Å². The molecule has 0 fully saturated rings. The third kappa shape index (κ3) is 14.7. The van der Waals surface area contributed by atoms with E-state index in [9.17, 15) is 4.79 Å². The minimum Gasteiger partial charge on any atom is -0.477 e. The number of carboxylic acids is 1. The fourth-order valence-electron chi connectivity index (χ4n) is 2.78. The number of unbranched alkanes of at least 4 members (excludes halogenated alkanes) is 14. The monoisotopic (exact) mass is 342 g/mol. The second kappa shape index (κ2) is 15.6. The Morgan fingerprint density at radius 3 is 1.50 bits per heavy atom. The van der Waals surface area contributed by atoms with E-state index in [0.29, 0.717) is 6.42 Å². The van der Waals surface area contributed by atoms with Crippen LogP contribution in [0.15, 0.2) is 12.2 Å². The molecule has 0 saturated carbocycles. The molecule has 0 bridgehead atoms. The van der Waals surface area contributed by atoms with Crippen LogP contribution in [-0.4, -0.2) is 27.1 Å². The first-order chi connectivity index (χ1) is 11.5. The van der Waals surface area contributed by atoms with Crippen LogP contribution in [0.2, 0.25) is 0 Å². The Kier molecular flexibility index (Phi) is 15.1. The number of hydrogen-bond donors (Lipinski definition) is 3. The molecule has 0 atom stereocenters. The van der Waals surface area contributed by atoms with Crippen LogP contribution in [0.1, 0.15) is 103 Å². The van der Waals surface area contributed by atoms with E-state index < -0.39 is 11.8 Å². The fraction of sp³-hybridized carbons (Fsp3) is 0.850. The maximum absolute atomic E-state index is 10.5. The fourth-order valence-corrected chi connectivity index (χ4v) is 2.78. The van der Waals surface area contributed by atoms with Gasteiger partial charge in [0.2, 0.25) is 0 Å². The average Bonchev–Trinajstić information content (AvgIpc) is 2.54. The lowest BCUT2D eigenvalue weighted by molar-refractivity contribution is -0.186. The molecule has 0 radical (unpaired) electrons. The molecule has 24 heavy (non-hydrogen) atoms. The van der Waals surface area contributed by atoms with Gasteiger partial charge in [0.1, 0.15) is 0 Å². The molecule has 0 spiro atoms. The lowest BCUT2D eigenvalue weighted by Gasteiger charge is -2.10. The number of carbonyl (C=O) groups is 1. The average molecular weight is 343 g/mol. The Morgan fingerprint density at radius 2 is 1.12 bits per heavy atom. The molecule has 0 amide bonds. The lowest BCUT2D eigenvalue weighted by atomic mass is 10.0. The van der Waals surface area contributed by atoms with Crippen LogP contribution in [0, 0.1) is 0 Å². The maximum atomic E-state index is 10.5. The second-order valence-corrected chi connectivity index (χ2v) is 6.82. The van der Waals surface area contributed by atoms with Gasteiger partial charge in [0.15, 0.2) is 0 Å². The van der Waals surface area contributed by atoms with Crippen LogP contribution >= 0.6 is 0 Å². The van der Waals surface area contributed by atoms with Gasteiger partial charge in [-0.25, -0.2) is 4.79 Å². The van der Waals surface area contributed by atoms with Gasteiger partial charge in [-0.2, -0.15) is 0 Å². The highest BCUT2D eigenvalue weighted by Gasteiger charge is 2.28. The number of aliphatic hydroxyl groups is 2. The lowest BCUT2D eigenvalue weighted by Crippen LogP contribution is -2.35. The van der Waals surface area contributed by atoms with Crippen LogP contribution < -0.4 is 0 Å². The van der Waals surface area contributed by atoms with Gasteiger partial charge in [0.05, 0.1) is 0 Å². The van der Waals surface area contributed by atoms with Crippen molar-refractivity contribution in [2.45, 2.75) is 109 Å². The maximum Gasteiger partial charge on any atom is 0.368 e. The van der Waals surface area contributed by atoms with Gasteiger partial charge in [0.25, 0.3) is 5.79 Å². The number of aliphatic carboxylic acids is 1. The van der Waals surface area contributed by atoms with Crippen LogP contribution in [0.3, 0.4) is 0 Å². The minimum atomic E-state index is -2.73. The van der Waals surface area contributed by atoms with Crippen molar-refractivity contribution in [2.75, 3.05) is 0 Å². The summed E-state index contributed by atoms with van der Waals surface area (Å²) in [7, 11) is 0. The van der Waals surface area contributed by atoms with Crippen molar-refractivity contribution in [2.24, 2.45) is 0 Å². The SMILES string of the molecule is CCCCCCCCCCCCCCCC/C=C/C(O)(O)C(=O)O. The summed E-state index contributed by atoms with van der Waals surface area (Å²) in [5, 5.41) is 26.7. The summed E-state index contributed by atoms with van der Waals surface area (Å²) in [4.78, 5) is 10.5. The molecule has 4 nitrogen and oxygen atoms in total. The van der Waals surface area contributed by atoms with E-state index in [-0.39, 0.29) is 0 Å². The molecule has 0 aliphatic rings. The number of rotatable bonds is 17. The van der Waals surface area contributed by atoms with E-state index in [2.05, 4.69) is 6.92 Å². The predicted octanol–water partition coefficient (Wildman–Crippen LogP) is 5.18. The Labute approximate surface area is 148 Å². The highest BCUT2D eigenvalue weighted by atomic mass is 16.5. The van der Waals surface area contributed by atoms with E-state index >= 15 is 0 Å². The van der Waals surface area contributed by atoms with Crippen molar-refractivity contribution in [1.82, 2.24) is 0 Å². The number of carboxylic acid groups (broad SMARTS) is 1. The van der Waals surface area contributed by atoms with Crippen LogP contribution in [0.4, 0.5) is 0 Å². The second-order valence-electron chi connectivity index (χ2n) is 6.82. The Morgan fingerprint density at radius 1 is 0.750 bits per heavy atom. The Balaban J connectivity index is 3.23. The van der Waals surface area contributed by atoms with E-state index in [1.54, 1.807) is 0 Å². The van der Waals surface area contributed by atoms with Gasteiger partial charge >= 0.3 is 5.97 Å². The molecule has 3 N–H and O–H groups in total. The molecule has 0 aliphatic heterocycles. The Bertz CT molecular complexity index is 324. The van der Waals surface area contributed by atoms with Crippen LogP contribution in [0.25, 0.3) is 0 Å². The summed E-state index contributed by atoms with van der Waals surface area (Å²) >= 11 is 0. The summed E-state index contributed by atoms with van der Waals surface area (Å²) in [6.07, 6.45) is 21.4. The van der Waals surface area contributed by atoms with Crippen molar-refractivity contribution in [1.29, 1.82) is 0 Å². The standard InChI is InChI=1S/C20H38O4/c1-2-3-4-5-6-7-8-9-10-11-12-13-14-15-16-17-18-20(23,24)19(21)22/h17-18,23-24H,2-16H2,1H3,(H,21,22)/b18-17+. The third-order valence-corrected chi connectivity index (χ3v) is 4.39. The van der Waals surface area contributed by atoms with Crippen molar-refractivity contribution in [3.8, 4) is 0 Å². The molecule has 0 rings (SSSR count). The molecule has 0 unspecified atom stereocenters. The molecule has 142 valence electrons. The molecule has 0 aliphatic carbocycles. The van der Waals surface area contributed by atoms with Gasteiger partial charge in [-0.05, 0) is 18.9 Å². The van der Waals surface area contributed by atoms with E-state index in [1.165, 1.54) is 83.1 Å². The topological polar surface area (TPSA) is 77.8 Å². The van der Waals surface area contributed by atoms with Crippen molar-refractivity contribution < 1.29 is 20.1 Å². The molecular formula is C20H38O4. The van der Waals surface area contributed by atoms with Crippen LogP contribution in [0.5, 0.6) is 0 Å². The van der Waals surface area contributed by atoms with E-state index in [1.807, 2.05) is 0 Å². The first-order valence-corrected chi connectivity index (χ1v) is 9.86. The zero-order valence-corrected chi connectivity index (χ0v) is 15.5. The molecule has 0 aromatic carbocycles. The molecular weight excluding hydrogens is 304 g/mol. The first kappa shape index (κ1) is 23.1. The van der Waals surface area contributed by atoms with Gasteiger partial charge in [-0.3, -0.25) is 0 Å². The Hall–Kier alpha value is -0.870. The van der Waals surface area contributed by atoms with E-state index in [0.717, 1.165) is 18.9 Å². The molecule has 4 heteroatoms. The van der Waals surface area contributed by atoms with Gasteiger partial charge in [0, 0.05) is 0 Å². The smallest absolute Gasteiger partial charge is 0.368 e. The highest BCUT2D eigenvalue weighted by Crippen LogP contribution is 2.13. The molecule has 0 aromatic rings. The minimum absolute atomic E-state index is 0.689. The van der Waals surface area contributed by atoms with Crippen molar-refractivity contribution in [3.63, 3.8) is 0 Å². The molecule has 0 aromatic heterocycles. The zero-order valence-electron chi connectivity index (χ0n) is 15.5. The predicted molar refractivity (Wildman–Crippen MR) is 98.9 cm³/mol. The third-order valence-electron chi connectivity index (χ3n) is 4.39. The summed E-state index contributed by atoms with van der Waals surface area (Å²) in [6, 6.07) is 0. The number of allylic oxidation sites excluding steroid dienone is 1. The first-order valence-electron chi connectivity index (χ1n) is 9.86. The van der Waals surface area contributed by atoms with Gasteiger partial charge in [-0.1, -0.05) is 96.5 Å². The quantitative estimate of drug-likeness (QED) is 0.193. The van der Waals surface area contributed by atoms with E-state index in [4.69, 9.17) is 15.3 Å². The summed E-state index contributed by atoms with van der Waals surface area (Å²) in [5.74, 6) is -4.37. The van der Waals surface area contributed by atoms with Crippen molar-refractivity contribution >= 4 is 5.97 Å². The van der Waals surface area contributed by atoms with Gasteiger partial charge < -0.3 is 15.3 Å². The summed E-state index contributed by atoms with van der Waals surface area (Å²) in [6.45, 7) is 2.25. The largest absolute Gasteiger partial charge is 0.477 e. The summed E-state index contributed by atoms with van der Waals surface area (Å²) < 4.78 is 0. The zero-order chi connectivity index (χ0) is 18.1. The number of hydrogen-bond acceptors (Lipinski definition) is 3. The summed E-state index contributed by atoms with van der Waals surface area (Å²) in [5.41, 5.74) is 0. The normalized spacial score (nSPS) is 12.1. The molecule has 0 heterocycles. The van der Waals surface area contributed by atoms with Gasteiger partial charge in [-0.15, -0.1) is 0 Å². The van der Waals surface area contributed by atoms with Crippen molar-refractivity contribution in [3.05, 3.63) is 12.2 Å². The molecule has 0 saturated heterocycles.